The minimum absolute atomic E-state index is 0.437. The van der Waals surface area contributed by atoms with Crippen LogP contribution in [0.2, 0.25) is 0 Å². The number of nitrogens with zero attached hydrogens (tertiary/aromatic N) is 2. The Hall–Kier alpha value is -0.900. The lowest BCUT2D eigenvalue weighted by Crippen LogP contribution is -2.44. The van der Waals surface area contributed by atoms with Crippen molar-refractivity contribution in [2.45, 2.75) is 50.7 Å². The first-order chi connectivity index (χ1) is 10.3. The van der Waals surface area contributed by atoms with Gasteiger partial charge in [0.25, 0.3) is 0 Å². The van der Waals surface area contributed by atoms with Gasteiger partial charge in [0.2, 0.25) is 0 Å². The van der Waals surface area contributed by atoms with Crippen LogP contribution in [0.5, 0.6) is 0 Å². The molecule has 116 valence electrons. The zero-order valence-electron chi connectivity index (χ0n) is 13.1. The Bertz CT molecular complexity index is 420. The fourth-order valence-electron chi connectivity index (χ4n) is 3.89. The second-order valence-electron chi connectivity index (χ2n) is 6.73. The van der Waals surface area contributed by atoms with Gasteiger partial charge in [-0.05, 0) is 44.3 Å². The van der Waals surface area contributed by atoms with Crippen LogP contribution in [0.25, 0.3) is 0 Å². The third kappa shape index (κ3) is 4.29. The third-order valence-corrected chi connectivity index (χ3v) is 5.08. The lowest BCUT2D eigenvalue weighted by Gasteiger charge is -2.35. The van der Waals surface area contributed by atoms with Gasteiger partial charge in [-0.15, -0.1) is 0 Å². The number of rotatable bonds is 3. The molecule has 1 saturated heterocycles. The molecule has 1 aromatic rings. The predicted octanol–water partition coefficient (Wildman–Crippen LogP) is 2.46. The zero-order chi connectivity index (χ0) is 14.5. The molecule has 0 radical (unpaired) electrons. The highest BCUT2D eigenvalue weighted by atomic mass is 15.2. The standard InChI is InChI=1S/C18H29N3/c19-17-8-4-9-18(14-17)21-11-5-10-20(12-13-21)15-16-6-2-1-3-7-16/h1-3,6-7,17-18H,4-5,8-15,19H2. The highest BCUT2D eigenvalue weighted by Gasteiger charge is 2.26. The average molecular weight is 287 g/mol. The SMILES string of the molecule is NC1CCCC(N2CCCN(Cc3ccccc3)CC2)C1. The van der Waals surface area contributed by atoms with Gasteiger partial charge >= 0.3 is 0 Å². The molecule has 1 aromatic carbocycles. The van der Waals surface area contributed by atoms with Crippen LogP contribution in [0.4, 0.5) is 0 Å². The molecule has 2 atom stereocenters. The van der Waals surface area contributed by atoms with E-state index < -0.39 is 0 Å². The molecule has 1 aliphatic carbocycles. The first-order valence-corrected chi connectivity index (χ1v) is 8.57. The van der Waals surface area contributed by atoms with Crippen molar-refractivity contribution in [2.75, 3.05) is 26.2 Å². The Morgan fingerprint density at radius 1 is 0.952 bits per heavy atom. The van der Waals surface area contributed by atoms with Crippen LogP contribution in [0, 0.1) is 0 Å². The minimum Gasteiger partial charge on any atom is -0.328 e. The fourth-order valence-corrected chi connectivity index (χ4v) is 3.89. The monoisotopic (exact) mass is 287 g/mol. The quantitative estimate of drug-likeness (QED) is 0.927. The van der Waals surface area contributed by atoms with Crippen LogP contribution >= 0.6 is 0 Å². The van der Waals surface area contributed by atoms with Gasteiger partial charge in [0, 0.05) is 31.7 Å². The molecule has 3 nitrogen and oxygen atoms in total. The smallest absolute Gasteiger partial charge is 0.0234 e. The fraction of sp³-hybridized carbons (Fsp3) is 0.667. The Kier molecular flexibility index (Phi) is 5.28. The van der Waals surface area contributed by atoms with Gasteiger partial charge in [-0.3, -0.25) is 9.80 Å². The summed E-state index contributed by atoms with van der Waals surface area (Å²) in [6.07, 6.45) is 6.39. The number of benzene rings is 1. The topological polar surface area (TPSA) is 32.5 Å². The molecule has 0 amide bonds. The van der Waals surface area contributed by atoms with Crippen LogP contribution in [0.1, 0.15) is 37.7 Å². The Balaban J connectivity index is 1.52. The maximum atomic E-state index is 6.16. The highest BCUT2D eigenvalue weighted by Crippen LogP contribution is 2.23. The minimum atomic E-state index is 0.437. The summed E-state index contributed by atoms with van der Waals surface area (Å²) < 4.78 is 0. The molecule has 3 heteroatoms. The summed E-state index contributed by atoms with van der Waals surface area (Å²) in [6.45, 7) is 5.98. The zero-order valence-corrected chi connectivity index (χ0v) is 13.1. The first kappa shape index (κ1) is 15.0. The lowest BCUT2D eigenvalue weighted by molar-refractivity contribution is 0.150. The summed E-state index contributed by atoms with van der Waals surface area (Å²) in [5.74, 6) is 0. The van der Waals surface area contributed by atoms with Gasteiger partial charge in [0.1, 0.15) is 0 Å². The average Bonchev–Trinajstić information content (AvgIpc) is 2.74. The third-order valence-electron chi connectivity index (χ3n) is 5.08. The van der Waals surface area contributed by atoms with E-state index in [1.54, 1.807) is 0 Å². The van der Waals surface area contributed by atoms with Crippen molar-refractivity contribution in [2.24, 2.45) is 5.73 Å². The largest absolute Gasteiger partial charge is 0.328 e. The van der Waals surface area contributed by atoms with Crippen LogP contribution in [0.15, 0.2) is 30.3 Å². The molecule has 1 aliphatic heterocycles. The number of hydrogen-bond donors (Lipinski definition) is 1. The predicted molar refractivity (Wildman–Crippen MR) is 88.1 cm³/mol. The Morgan fingerprint density at radius 3 is 2.62 bits per heavy atom. The van der Waals surface area contributed by atoms with E-state index in [0.717, 1.165) is 12.6 Å². The van der Waals surface area contributed by atoms with E-state index in [2.05, 4.69) is 40.1 Å². The molecule has 0 spiro atoms. The van der Waals surface area contributed by atoms with E-state index in [-0.39, 0.29) is 0 Å². The van der Waals surface area contributed by atoms with Crippen LogP contribution in [-0.4, -0.2) is 48.1 Å². The van der Waals surface area contributed by atoms with E-state index >= 15 is 0 Å². The molecular formula is C18H29N3. The molecule has 0 bridgehead atoms. The lowest BCUT2D eigenvalue weighted by atomic mass is 9.90. The van der Waals surface area contributed by atoms with Crippen molar-refractivity contribution in [1.29, 1.82) is 0 Å². The van der Waals surface area contributed by atoms with Crippen LogP contribution < -0.4 is 5.73 Å². The summed E-state index contributed by atoms with van der Waals surface area (Å²) in [5, 5.41) is 0. The second-order valence-corrected chi connectivity index (χ2v) is 6.73. The maximum absolute atomic E-state index is 6.16. The van der Waals surface area contributed by atoms with Gasteiger partial charge < -0.3 is 5.73 Å². The number of hydrogen-bond acceptors (Lipinski definition) is 3. The van der Waals surface area contributed by atoms with E-state index in [1.165, 1.54) is 63.8 Å². The van der Waals surface area contributed by atoms with Crippen molar-refractivity contribution in [3.8, 4) is 0 Å². The molecular weight excluding hydrogens is 258 g/mol. The summed E-state index contributed by atoms with van der Waals surface area (Å²) >= 11 is 0. The van der Waals surface area contributed by atoms with E-state index in [4.69, 9.17) is 5.73 Å². The summed E-state index contributed by atoms with van der Waals surface area (Å²) in [6, 6.07) is 12.0. The van der Waals surface area contributed by atoms with Crippen LogP contribution in [-0.2, 0) is 6.54 Å². The molecule has 2 aliphatic rings. The van der Waals surface area contributed by atoms with Crippen molar-refractivity contribution in [1.82, 2.24) is 9.80 Å². The van der Waals surface area contributed by atoms with Gasteiger partial charge in [0.05, 0.1) is 0 Å². The van der Waals surface area contributed by atoms with Gasteiger partial charge in [-0.2, -0.15) is 0 Å². The van der Waals surface area contributed by atoms with Crippen molar-refractivity contribution in [3.05, 3.63) is 35.9 Å². The summed E-state index contributed by atoms with van der Waals surface area (Å²) in [7, 11) is 0. The highest BCUT2D eigenvalue weighted by molar-refractivity contribution is 5.14. The van der Waals surface area contributed by atoms with E-state index in [0.29, 0.717) is 6.04 Å². The molecule has 2 fully saturated rings. The first-order valence-electron chi connectivity index (χ1n) is 8.57. The molecule has 1 heterocycles. The Labute approximate surface area is 129 Å². The normalized spacial score (nSPS) is 29.2. The maximum Gasteiger partial charge on any atom is 0.0234 e. The number of nitrogens with two attached hydrogens (primary N) is 1. The molecule has 0 aromatic heterocycles. The summed E-state index contributed by atoms with van der Waals surface area (Å²) in [5.41, 5.74) is 7.60. The van der Waals surface area contributed by atoms with E-state index in [9.17, 15) is 0 Å². The van der Waals surface area contributed by atoms with Gasteiger partial charge in [-0.25, -0.2) is 0 Å². The molecule has 2 unspecified atom stereocenters. The van der Waals surface area contributed by atoms with Crippen LogP contribution in [0.3, 0.4) is 0 Å². The van der Waals surface area contributed by atoms with Crippen molar-refractivity contribution in [3.63, 3.8) is 0 Å². The summed E-state index contributed by atoms with van der Waals surface area (Å²) in [4.78, 5) is 5.32. The van der Waals surface area contributed by atoms with Gasteiger partial charge in [0.15, 0.2) is 0 Å². The van der Waals surface area contributed by atoms with Crippen molar-refractivity contribution >= 4 is 0 Å². The van der Waals surface area contributed by atoms with Crippen molar-refractivity contribution < 1.29 is 0 Å². The Morgan fingerprint density at radius 2 is 1.81 bits per heavy atom. The molecule has 3 rings (SSSR count). The second kappa shape index (κ2) is 7.39. The van der Waals surface area contributed by atoms with Gasteiger partial charge in [-0.1, -0.05) is 36.8 Å². The molecule has 2 N–H and O–H groups in total. The molecule has 1 saturated carbocycles. The molecule has 21 heavy (non-hydrogen) atoms. The van der Waals surface area contributed by atoms with E-state index in [1.807, 2.05) is 0 Å².